The van der Waals surface area contributed by atoms with Gasteiger partial charge in [-0.05, 0) is 89.9 Å². The molecular weight excluding hydrogens is 901 g/mol. The van der Waals surface area contributed by atoms with Gasteiger partial charge in [0.15, 0.2) is 6.10 Å². The van der Waals surface area contributed by atoms with E-state index in [2.05, 4.69) is 106 Å². The van der Waals surface area contributed by atoms with Gasteiger partial charge in [-0.15, -0.1) is 0 Å². The molecule has 0 aromatic carbocycles. The lowest BCUT2D eigenvalue weighted by molar-refractivity contribution is -0.167. The minimum Gasteiger partial charge on any atom is -0.462 e. The zero-order valence-electron chi connectivity index (χ0n) is 48.1. The third-order valence-corrected chi connectivity index (χ3v) is 13.4. The van der Waals surface area contributed by atoms with Crippen LogP contribution in [0.4, 0.5) is 0 Å². The first-order valence-electron chi connectivity index (χ1n) is 31.1. The van der Waals surface area contributed by atoms with E-state index in [0.717, 1.165) is 83.5 Å². The molecule has 0 saturated heterocycles. The van der Waals surface area contributed by atoms with Gasteiger partial charge in [0, 0.05) is 19.3 Å². The average molecular weight is 1020 g/mol. The molecule has 0 aliphatic rings. The molecule has 420 valence electrons. The van der Waals surface area contributed by atoms with Crippen molar-refractivity contribution in [2.75, 3.05) is 13.2 Å². The Labute approximate surface area is 452 Å². The number of allylic oxidation sites excluding steroid dienone is 14. The number of unbranched alkanes of at least 4 members (excludes halogenated alkanes) is 31. The lowest BCUT2D eigenvalue weighted by Crippen LogP contribution is -2.30. The van der Waals surface area contributed by atoms with Crippen molar-refractivity contribution >= 4 is 17.9 Å². The van der Waals surface area contributed by atoms with Gasteiger partial charge < -0.3 is 14.2 Å². The summed E-state index contributed by atoms with van der Waals surface area (Å²) in [6.45, 7) is 6.48. The first kappa shape index (κ1) is 69.6. The number of esters is 3. The highest BCUT2D eigenvalue weighted by Gasteiger charge is 2.19. The van der Waals surface area contributed by atoms with E-state index in [1.54, 1.807) is 0 Å². The SMILES string of the molecule is CC/C=C\C/C=C\C/C=C\C/C=C\C/C=C\CCCC(=O)OC(COC(=O)CCCCCCCCCCCCC)COC(=O)CCCCCCCCCCCCCCCCC/C=C\C/C=C\CCCCCCC. The van der Waals surface area contributed by atoms with Gasteiger partial charge in [-0.25, -0.2) is 0 Å². The Balaban J connectivity index is 4.27. The van der Waals surface area contributed by atoms with Crippen molar-refractivity contribution in [2.24, 2.45) is 0 Å². The molecule has 0 bridgehead atoms. The van der Waals surface area contributed by atoms with Gasteiger partial charge in [0.25, 0.3) is 0 Å². The van der Waals surface area contributed by atoms with Crippen molar-refractivity contribution in [3.63, 3.8) is 0 Å². The molecule has 6 heteroatoms. The van der Waals surface area contributed by atoms with Gasteiger partial charge in [0.2, 0.25) is 0 Å². The number of hydrogen-bond donors (Lipinski definition) is 0. The minimum absolute atomic E-state index is 0.0963. The van der Waals surface area contributed by atoms with Crippen LogP contribution >= 0.6 is 0 Å². The molecule has 73 heavy (non-hydrogen) atoms. The Morgan fingerprint density at radius 1 is 0.288 bits per heavy atom. The number of rotatable bonds is 56. The van der Waals surface area contributed by atoms with Crippen molar-refractivity contribution in [1.82, 2.24) is 0 Å². The summed E-state index contributed by atoms with van der Waals surface area (Å²) in [4.78, 5) is 38.2. The average Bonchev–Trinajstić information content (AvgIpc) is 3.39. The van der Waals surface area contributed by atoms with Gasteiger partial charge in [-0.2, -0.15) is 0 Å². The number of carbonyl (C=O) groups excluding carboxylic acids is 3. The lowest BCUT2D eigenvalue weighted by Gasteiger charge is -2.18. The summed E-state index contributed by atoms with van der Waals surface area (Å²) in [5.74, 6) is -0.946. The van der Waals surface area contributed by atoms with Crippen LogP contribution in [0.1, 0.15) is 303 Å². The fourth-order valence-corrected chi connectivity index (χ4v) is 8.75. The van der Waals surface area contributed by atoms with Crippen molar-refractivity contribution < 1.29 is 28.6 Å². The quantitative estimate of drug-likeness (QED) is 0.0261. The van der Waals surface area contributed by atoms with Crippen LogP contribution in [0.3, 0.4) is 0 Å². The van der Waals surface area contributed by atoms with E-state index in [0.29, 0.717) is 19.3 Å². The predicted molar refractivity (Wildman–Crippen MR) is 316 cm³/mol. The summed E-state index contributed by atoms with van der Waals surface area (Å²) in [5.41, 5.74) is 0. The second-order valence-corrected chi connectivity index (χ2v) is 20.6. The van der Waals surface area contributed by atoms with E-state index in [-0.39, 0.29) is 37.5 Å². The summed E-state index contributed by atoms with van der Waals surface area (Å²) in [5, 5.41) is 0. The van der Waals surface area contributed by atoms with Gasteiger partial charge >= 0.3 is 17.9 Å². The Hall–Kier alpha value is -3.41. The lowest BCUT2D eigenvalue weighted by atomic mass is 10.0. The van der Waals surface area contributed by atoms with E-state index >= 15 is 0 Å². The highest BCUT2D eigenvalue weighted by Crippen LogP contribution is 2.16. The second kappa shape index (κ2) is 61.1. The van der Waals surface area contributed by atoms with Gasteiger partial charge in [-0.1, -0.05) is 279 Å². The topological polar surface area (TPSA) is 78.9 Å². The Morgan fingerprint density at radius 3 is 0.877 bits per heavy atom. The highest BCUT2D eigenvalue weighted by atomic mass is 16.6. The summed E-state index contributed by atoms with van der Waals surface area (Å²) in [7, 11) is 0. The molecule has 1 unspecified atom stereocenters. The molecule has 0 aromatic heterocycles. The van der Waals surface area contributed by atoms with Crippen molar-refractivity contribution in [3.8, 4) is 0 Å². The Kier molecular flexibility index (Phi) is 58.3. The zero-order chi connectivity index (χ0) is 52.9. The molecule has 0 rings (SSSR count). The molecule has 6 nitrogen and oxygen atoms in total. The summed E-state index contributed by atoms with van der Waals surface area (Å²) < 4.78 is 16.8. The number of ether oxygens (including phenoxy) is 3. The monoisotopic (exact) mass is 1020 g/mol. The van der Waals surface area contributed by atoms with Crippen LogP contribution in [0.15, 0.2) is 85.1 Å². The fourth-order valence-electron chi connectivity index (χ4n) is 8.75. The van der Waals surface area contributed by atoms with Crippen LogP contribution in [0.25, 0.3) is 0 Å². The molecule has 0 aromatic rings. The molecular formula is C67H116O6. The van der Waals surface area contributed by atoms with Crippen molar-refractivity contribution in [3.05, 3.63) is 85.1 Å². The predicted octanol–water partition coefficient (Wildman–Crippen LogP) is 21.1. The summed E-state index contributed by atoms with van der Waals surface area (Å²) >= 11 is 0. The normalized spacial score (nSPS) is 12.6. The summed E-state index contributed by atoms with van der Waals surface area (Å²) in [6, 6.07) is 0. The molecule has 0 spiro atoms. The van der Waals surface area contributed by atoms with Gasteiger partial charge in [0.1, 0.15) is 13.2 Å². The highest BCUT2D eigenvalue weighted by molar-refractivity contribution is 5.71. The zero-order valence-corrected chi connectivity index (χ0v) is 48.1. The first-order chi connectivity index (χ1) is 36.0. The molecule has 0 N–H and O–H groups in total. The molecule has 0 heterocycles. The maximum Gasteiger partial charge on any atom is 0.306 e. The third kappa shape index (κ3) is 59.3. The van der Waals surface area contributed by atoms with Crippen LogP contribution in [-0.4, -0.2) is 37.2 Å². The largest absolute Gasteiger partial charge is 0.462 e. The van der Waals surface area contributed by atoms with Gasteiger partial charge in [0.05, 0.1) is 0 Å². The van der Waals surface area contributed by atoms with E-state index in [1.807, 2.05) is 0 Å². The molecule has 0 amide bonds. The fraction of sp³-hybridized carbons (Fsp3) is 0.746. The maximum absolute atomic E-state index is 12.8. The maximum atomic E-state index is 12.8. The molecule has 0 aliphatic heterocycles. The standard InChI is InChI=1S/C67H116O6/c1-4-7-10-13-16-19-22-24-26-28-29-30-31-32-33-34-35-36-37-39-40-42-45-48-51-54-57-60-66(69)72-63-64(62-71-65(68)59-56-53-50-47-44-21-18-15-12-9-6-3)73-67(70)61-58-55-52-49-46-43-41-38-27-25-23-20-17-14-11-8-5-2/h8,11,17,20,22,24-25,27-29,41,43,49,52,64H,4-7,9-10,12-16,18-19,21,23,26,30-40,42,44-48,50-51,53-63H2,1-3H3/b11-8-,20-17-,24-22-,27-25-,29-28-,43-41-,52-49-. The third-order valence-electron chi connectivity index (χ3n) is 13.4. The van der Waals surface area contributed by atoms with Crippen LogP contribution in [0, 0.1) is 0 Å². The number of carbonyl (C=O) groups is 3. The van der Waals surface area contributed by atoms with Crippen LogP contribution < -0.4 is 0 Å². The van der Waals surface area contributed by atoms with Crippen LogP contribution in [-0.2, 0) is 28.6 Å². The first-order valence-corrected chi connectivity index (χ1v) is 31.1. The molecule has 1 atom stereocenters. The van der Waals surface area contributed by atoms with E-state index in [1.165, 1.54) is 173 Å². The molecule has 0 saturated carbocycles. The molecule has 0 radical (unpaired) electrons. The van der Waals surface area contributed by atoms with E-state index < -0.39 is 6.10 Å². The van der Waals surface area contributed by atoms with Gasteiger partial charge in [-0.3, -0.25) is 14.4 Å². The second-order valence-electron chi connectivity index (χ2n) is 20.6. The Morgan fingerprint density at radius 2 is 0.548 bits per heavy atom. The van der Waals surface area contributed by atoms with Crippen molar-refractivity contribution in [1.29, 1.82) is 0 Å². The molecule has 0 fully saturated rings. The smallest absolute Gasteiger partial charge is 0.306 e. The molecule has 0 aliphatic carbocycles. The minimum atomic E-state index is -0.804. The summed E-state index contributed by atoms with van der Waals surface area (Å²) in [6.07, 6.45) is 80.3. The van der Waals surface area contributed by atoms with E-state index in [4.69, 9.17) is 14.2 Å². The Bertz CT molecular complexity index is 1400. The van der Waals surface area contributed by atoms with Crippen LogP contribution in [0.2, 0.25) is 0 Å². The van der Waals surface area contributed by atoms with Crippen LogP contribution in [0.5, 0.6) is 0 Å². The van der Waals surface area contributed by atoms with E-state index in [9.17, 15) is 14.4 Å². The van der Waals surface area contributed by atoms with Crippen molar-refractivity contribution in [2.45, 2.75) is 309 Å². The number of hydrogen-bond acceptors (Lipinski definition) is 6.